The second-order valence-electron chi connectivity index (χ2n) is 8.21. The highest BCUT2D eigenvalue weighted by Gasteiger charge is 2.35. The van der Waals surface area contributed by atoms with Crippen LogP contribution in [0.4, 0.5) is 4.39 Å². The van der Waals surface area contributed by atoms with Crippen LogP contribution < -0.4 is 0 Å². The molecular formula is C24H29FN4O. The van der Waals surface area contributed by atoms with Crippen molar-refractivity contribution >= 4 is 11.6 Å². The average Bonchev–Trinajstić information content (AvgIpc) is 3.48. The van der Waals surface area contributed by atoms with E-state index in [4.69, 9.17) is 5.10 Å². The van der Waals surface area contributed by atoms with Crippen molar-refractivity contribution in [1.82, 2.24) is 14.5 Å². The van der Waals surface area contributed by atoms with Crippen LogP contribution in [0.2, 0.25) is 0 Å². The summed E-state index contributed by atoms with van der Waals surface area (Å²) in [5, 5.41) is 6.36. The molecule has 1 aromatic heterocycles. The fourth-order valence-corrected chi connectivity index (χ4v) is 4.63. The van der Waals surface area contributed by atoms with Crippen LogP contribution in [0.3, 0.4) is 0 Å². The number of amides is 1. The number of carbonyl (C=O) groups excluding carboxylic acids is 1. The van der Waals surface area contributed by atoms with Gasteiger partial charge in [-0.3, -0.25) is 9.69 Å². The Bertz CT molecular complexity index is 927. The van der Waals surface area contributed by atoms with Crippen LogP contribution in [0.5, 0.6) is 0 Å². The molecule has 158 valence electrons. The van der Waals surface area contributed by atoms with Crippen molar-refractivity contribution in [3.05, 3.63) is 72.3 Å². The van der Waals surface area contributed by atoms with E-state index in [9.17, 15) is 9.18 Å². The molecule has 2 aromatic rings. The van der Waals surface area contributed by atoms with E-state index in [1.807, 2.05) is 36.0 Å². The highest BCUT2D eigenvalue weighted by molar-refractivity contribution is 6.03. The van der Waals surface area contributed by atoms with Crippen molar-refractivity contribution in [3.8, 4) is 0 Å². The number of hydrazone groups is 1. The average molecular weight is 409 g/mol. The van der Waals surface area contributed by atoms with Gasteiger partial charge in [-0.25, -0.2) is 9.40 Å². The minimum absolute atomic E-state index is 0.00735. The molecule has 0 unspecified atom stereocenters. The number of nitrogens with zero attached hydrogens (tertiary/aromatic N) is 4. The molecule has 1 atom stereocenters. The molecule has 30 heavy (non-hydrogen) atoms. The summed E-state index contributed by atoms with van der Waals surface area (Å²) >= 11 is 0. The van der Waals surface area contributed by atoms with Crippen molar-refractivity contribution in [2.45, 2.75) is 44.2 Å². The Morgan fingerprint density at radius 1 is 1.27 bits per heavy atom. The number of rotatable bonds is 7. The molecule has 0 N–H and O–H groups in total. The van der Waals surface area contributed by atoms with Gasteiger partial charge >= 0.3 is 0 Å². The number of hydrogen-bond acceptors (Lipinski definition) is 3. The molecule has 2 heterocycles. The van der Waals surface area contributed by atoms with E-state index in [-0.39, 0.29) is 17.8 Å². The first-order chi connectivity index (χ1) is 14.6. The molecule has 5 nitrogen and oxygen atoms in total. The number of aryl methyl sites for hydroxylation is 1. The van der Waals surface area contributed by atoms with Crippen LogP contribution in [0.25, 0.3) is 0 Å². The lowest BCUT2D eigenvalue weighted by molar-refractivity contribution is -0.134. The minimum atomic E-state index is -0.277. The van der Waals surface area contributed by atoms with E-state index in [1.165, 1.54) is 25.0 Å². The normalized spacial score (nSPS) is 19.5. The summed E-state index contributed by atoms with van der Waals surface area (Å²) < 4.78 is 15.4. The SMILES string of the molecule is C=CCN(CC(=O)N1N=C(c2ccc(F)cc2)C[C@@H]1c1cccn1C)C1CCCC1. The number of hydrogen-bond donors (Lipinski definition) is 0. The van der Waals surface area contributed by atoms with Gasteiger partial charge < -0.3 is 4.57 Å². The Kier molecular flexibility index (Phi) is 6.13. The summed E-state index contributed by atoms with van der Waals surface area (Å²) in [6, 6.07) is 10.6. The maximum Gasteiger partial charge on any atom is 0.257 e. The van der Waals surface area contributed by atoms with Gasteiger partial charge in [0.05, 0.1) is 12.3 Å². The van der Waals surface area contributed by atoms with Gasteiger partial charge in [0.2, 0.25) is 0 Å². The minimum Gasteiger partial charge on any atom is -0.353 e. The number of benzene rings is 1. The third-order valence-electron chi connectivity index (χ3n) is 6.21. The second-order valence-corrected chi connectivity index (χ2v) is 8.21. The number of aromatic nitrogens is 1. The Hall–Kier alpha value is -2.73. The quantitative estimate of drug-likeness (QED) is 0.642. The van der Waals surface area contributed by atoms with Crippen LogP contribution in [0, 0.1) is 5.82 Å². The Labute approximate surface area is 177 Å². The van der Waals surface area contributed by atoms with Crippen molar-refractivity contribution in [3.63, 3.8) is 0 Å². The number of halogens is 1. The van der Waals surface area contributed by atoms with E-state index in [0.717, 1.165) is 29.8 Å². The molecule has 4 rings (SSSR count). The Morgan fingerprint density at radius 3 is 2.63 bits per heavy atom. The first-order valence-corrected chi connectivity index (χ1v) is 10.7. The predicted octanol–water partition coefficient (Wildman–Crippen LogP) is 4.27. The van der Waals surface area contributed by atoms with Gasteiger partial charge in [-0.15, -0.1) is 6.58 Å². The topological polar surface area (TPSA) is 40.8 Å². The van der Waals surface area contributed by atoms with Gasteiger partial charge in [-0.2, -0.15) is 5.10 Å². The van der Waals surface area contributed by atoms with Crippen LogP contribution in [-0.4, -0.2) is 45.2 Å². The van der Waals surface area contributed by atoms with Gasteiger partial charge in [0.25, 0.3) is 5.91 Å². The second kappa shape index (κ2) is 8.96. The van der Waals surface area contributed by atoms with Gasteiger partial charge in [0.15, 0.2) is 0 Å². The lowest BCUT2D eigenvalue weighted by atomic mass is 10.0. The third-order valence-corrected chi connectivity index (χ3v) is 6.21. The summed E-state index contributed by atoms with van der Waals surface area (Å²) in [4.78, 5) is 15.6. The molecule has 1 amide bonds. The summed E-state index contributed by atoms with van der Waals surface area (Å²) in [6.45, 7) is 4.91. The third kappa shape index (κ3) is 4.24. The van der Waals surface area contributed by atoms with Gasteiger partial charge in [-0.05, 0) is 42.7 Å². The molecule has 6 heteroatoms. The van der Waals surface area contributed by atoms with E-state index in [1.54, 1.807) is 17.1 Å². The van der Waals surface area contributed by atoms with E-state index in [0.29, 0.717) is 25.6 Å². The van der Waals surface area contributed by atoms with Crippen LogP contribution in [-0.2, 0) is 11.8 Å². The first kappa shape index (κ1) is 20.5. The maximum absolute atomic E-state index is 13.4. The van der Waals surface area contributed by atoms with Gasteiger partial charge in [0, 0.05) is 37.9 Å². The molecule has 1 aliphatic carbocycles. The maximum atomic E-state index is 13.4. The van der Waals surface area contributed by atoms with E-state index in [2.05, 4.69) is 11.5 Å². The molecule has 0 spiro atoms. The largest absolute Gasteiger partial charge is 0.353 e. The lowest BCUT2D eigenvalue weighted by Crippen LogP contribution is -2.42. The smallest absolute Gasteiger partial charge is 0.257 e. The van der Waals surface area contributed by atoms with E-state index < -0.39 is 0 Å². The monoisotopic (exact) mass is 408 g/mol. The highest BCUT2D eigenvalue weighted by atomic mass is 19.1. The zero-order valence-electron chi connectivity index (χ0n) is 17.5. The van der Waals surface area contributed by atoms with Crippen LogP contribution >= 0.6 is 0 Å². The molecular weight excluding hydrogens is 379 g/mol. The van der Waals surface area contributed by atoms with Crippen molar-refractivity contribution in [2.75, 3.05) is 13.1 Å². The highest BCUT2D eigenvalue weighted by Crippen LogP contribution is 2.33. The Morgan fingerprint density at radius 2 is 2.00 bits per heavy atom. The van der Waals surface area contributed by atoms with Crippen LogP contribution in [0.1, 0.15) is 49.4 Å². The summed E-state index contributed by atoms with van der Waals surface area (Å²) in [5.74, 6) is -0.284. The van der Waals surface area contributed by atoms with Crippen molar-refractivity contribution < 1.29 is 9.18 Å². The standard InChI is InChI=1S/C24H29FN4O/c1-3-14-28(20-7-4-5-8-20)17-24(30)29-23(22-9-6-15-27(22)2)16-21(26-29)18-10-12-19(25)13-11-18/h3,6,9-13,15,20,23H,1,4-5,7-8,14,16-17H2,2H3/t23-/m1/s1. The van der Waals surface area contributed by atoms with Gasteiger partial charge in [0.1, 0.15) is 11.9 Å². The molecule has 1 aliphatic heterocycles. The predicted molar refractivity (Wildman–Crippen MR) is 117 cm³/mol. The van der Waals surface area contributed by atoms with Gasteiger partial charge in [-0.1, -0.05) is 31.1 Å². The van der Waals surface area contributed by atoms with E-state index >= 15 is 0 Å². The molecule has 2 aliphatic rings. The fraction of sp³-hybridized carbons (Fsp3) is 0.417. The summed E-state index contributed by atoms with van der Waals surface area (Å²) in [5.41, 5.74) is 2.70. The summed E-state index contributed by atoms with van der Waals surface area (Å²) in [7, 11) is 1.98. The Balaban J connectivity index is 1.60. The fourth-order valence-electron chi connectivity index (χ4n) is 4.63. The van der Waals surface area contributed by atoms with Crippen LogP contribution in [0.15, 0.2) is 60.4 Å². The molecule has 1 saturated carbocycles. The molecule has 0 saturated heterocycles. The lowest BCUT2D eigenvalue weighted by Gasteiger charge is -2.30. The molecule has 0 bridgehead atoms. The number of carbonyl (C=O) groups is 1. The molecule has 1 fully saturated rings. The first-order valence-electron chi connectivity index (χ1n) is 10.7. The summed E-state index contributed by atoms with van der Waals surface area (Å²) in [6.07, 6.45) is 9.16. The zero-order chi connectivity index (χ0) is 21.1. The molecule has 0 radical (unpaired) electrons. The zero-order valence-corrected chi connectivity index (χ0v) is 17.5. The van der Waals surface area contributed by atoms with Crippen molar-refractivity contribution in [1.29, 1.82) is 0 Å². The molecule has 1 aromatic carbocycles. The van der Waals surface area contributed by atoms with Crippen molar-refractivity contribution in [2.24, 2.45) is 12.1 Å².